The molecule has 0 unspecified atom stereocenters. The third-order valence-corrected chi connectivity index (χ3v) is 2.76. The lowest BCUT2D eigenvalue weighted by molar-refractivity contribution is -0.142. The van der Waals surface area contributed by atoms with Gasteiger partial charge in [-0.05, 0) is 18.2 Å². The van der Waals surface area contributed by atoms with Gasteiger partial charge in [-0.15, -0.1) is 0 Å². The lowest BCUT2D eigenvalue weighted by Gasteiger charge is -2.15. The molecule has 3 nitrogen and oxygen atoms in total. The summed E-state index contributed by atoms with van der Waals surface area (Å²) in [6.45, 7) is 0. The maximum Gasteiger partial charge on any atom is 0.417 e. The molecule has 2 rings (SSSR count). The van der Waals surface area contributed by atoms with Crippen LogP contribution in [0.2, 0.25) is 0 Å². The standard InChI is InChI=1S/C13H8F6N2O/c1-22-8-5-20-11(21-6-8)9-3-2-7(12(14,15)16)4-10(9)13(17,18)19/h2-6H,1H3. The lowest BCUT2D eigenvalue weighted by Crippen LogP contribution is -2.12. The molecule has 1 aromatic heterocycles. The minimum atomic E-state index is -4.97. The number of benzene rings is 1. The Morgan fingerprint density at radius 2 is 1.50 bits per heavy atom. The van der Waals surface area contributed by atoms with Crippen molar-refractivity contribution in [3.05, 3.63) is 41.7 Å². The van der Waals surface area contributed by atoms with E-state index in [1.54, 1.807) is 0 Å². The maximum atomic E-state index is 13.0. The molecule has 9 heteroatoms. The van der Waals surface area contributed by atoms with E-state index in [-0.39, 0.29) is 17.6 Å². The molecule has 0 radical (unpaired) electrons. The number of hydrogen-bond acceptors (Lipinski definition) is 3. The molecule has 0 atom stereocenters. The van der Waals surface area contributed by atoms with Crippen LogP contribution in [0.3, 0.4) is 0 Å². The van der Waals surface area contributed by atoms with Crippen LogP contribution < -0.4 is 4.74 Å². The topological polar surface area (TPSA) is 35.0 Å². The fourth-order valence-corrected chi connectivity index (χ4v) is 1.71. The normalized spacial score (nSPS) is 12.3. The summed E-state index contributed by atoms with van der Waals surface area (Å²) in [6, 6.07) is 1.30. The van der Waals surface area contributed by atoms with E-state index in [0.717, 1.165) is 12.4 Å². The van der Waals surface area contributed by atoms with Gasteiger partial charge in [-0.2, -0.15) is 26.3 Å². The molecular weight excluding hydrogens is 314 g/mol. The van der Waals surface area contributed by atoms with Gasteiger partial charge in [0.1, 0.15) is 0 Å². The molecule has 0 bridgehead atoms. The summed E-state index contributed by atoms with van der Waals surface area (Å²) < 4.78 is 81.5. The first-order valence-corrected chi connectivity index (χ1v) is 5.78. The van der Waals surface area contributed by atoms with Crippen LogP contribution in [0.5, 0.6) is 5.75 Å². The first-order valence-electron chi connectivity index (χ1n) is 5.78. The Morgan fingerprint density at radius 1 is 0.909 bits per heavy atom. The number of aromatic nitrogens is 2. The molecule has 0 amide bonds. The minimum Gasteiger partial charge on any atom is -0.494 e. The summed E-state index contributed by atoms with van der Waals surface area (Å²) in [5, 5.41) is 0. The first-order chi connectivity index (χ1) is 10.1. The molecule has 0 fully saturated rings. The number of alkyl halides is 6. The van der Waals surface area contributed by atoms with E-state index in [1.165, 1.54) is 7.11 Å². The van der Waals surface area contributed by atoms with Gasteiger partial charge in [0, 0.05) is 5.56 Å². The van der Waals surface area contributed by atoms with Crippen LogP contribution in [0.15, 0.2) is 30.6 Å². The molecule has 22 heavy (non-hydrogen) atoms. The van der Waals surface area contributed by atoms with E-state index in [4.69, 9.17) is 4.74 Å². The van der Waals surface area contributed by atoms with Crippen LogP contribution in [-0.2, 0) is 12.4 Å². The summed E-state index contributed by atoms with van der Waals surface area (Å²) in [5.41, 5.74) is -3.38. The van der Waals surface area contributed by atoms with Crippen molar-refractivity contribution in [2.75, 3.05) is 7.11 Å². The summed E-state index contributed by atoms with van der Waals surface area (Å²) >= 11 is 0. The van der Waals surface area contributed by atoms with Gasteiger partial charge in [-0.25, -0.2) is 9.97 Å². The van der Waals surface area contributed by atoms with Gasteiger partial charge in [0.05, 0.1) is 30.6 Å². The van der Waals surface area contributed by atoms with Crippen molar-refractivity contribution < 1.29 is 31.1 Å². The van der Waals surface area contributed by atoms with Crippen molar-refractivity contribution >= 4 is 0 Å². The van der Waals surface area contributed by atoms with Crippen LogP contribution in [0.25, 0.3) is 11.4 Å². The second-order valence-corrected chi connectivity index (χ2v) is 4.20. The Labute approximate surface area is 120 Å². The molecule has 0 spiro atoms. The van der Waals surface area contributed by atoms with Crippen molar-refractivity contribution in [1.82, 2.24) is 9.97 Å². The Balaban J connectivity index is 2.59. The monoisotopic (exact) mass is 322 g/mol. The van der Waals surface area contributed by atoms with Crippen LogP contribution >= 0.6 is 0 Å². The third-order valence-electron chi connectivity index (χ3n) is 2.76. The van der Waals surface area contributed by atoms with Gasteiger partial charge < -0.3 is 4.74 Å². The molecule has 0 saturated carbocycles. The van der Waals surface area contributed by atoms with Gasteiger partial charge in [0.15, 0.2) is 11.6 Å². The highest BCUT2D eigenvalue weighted by molar-refractivity contribution is 5.62. The van der Waals surface area contributed by atoms with Crippen molar-refractivity contribution in [2.24, 2.45) is 0 Å². The van der Waals surface area contributed by atoms with Crippen LogP contribution in [0.1, 0.15) is 11.1 Å². The quantitative estimate of drug-likeness (QED) is 0.778. The zero-order valence-corrected chi connectivity index (χ0v) is 11.0. The van der Waals surface area contributed by atoms with Crippen molar-refractivity contribution in [2.45, 2.75) is 12.4 Å². The maximum absolute atomic E-state index is 13.0. The van der Waals surface area contributed by atoms with Crippen LogP contribution in [0, 0.1) is 0 Å². The third kappa shape index (κ3) is 3.29. The van der Waals surface area contributed by atoms with E-state index in [0.29, 0.717) is 12.1 Å². The molecule has 1 aromatic carbocycles. The number of nitrogens with zero attached hydrogens (tertiary/aromatic N) is 2. The fourth-order valence-electron chi connectivity index (χ4n) is 1.71. The lowest BCUT2D eigenvalue weighted by atomic mass is 10.0. The molecule has 0 aliphatic heterocycles. The zero-order chi connectivity index (χ0) is 16.5. The molecule has 0 N–H and O–H groups in total. The number of ether oxygens (including phenoxy) is 1. The number of methoxy groups -OCH3 is 1. The smallest absolute Gasteiger partial charge is 0.417 e. The second-order valence-electron chi connectivity index (χ2n) is 4.20. The molecule has 0 aliphatic carbocycles. The highest BCUT2D eigenvalue weighted by atomic mass is 19.4. The summed E-state index contributed by atoms with van der Waals surface area (Å²) in [5.74, 6) is -0.133. The predicted octanol–water partition coefficient (Wildman–Crippen LogP) is 4.19. The molecule has 2 aromatic rings. The van der Waals surface area contributed by atoms with Crippen molar-refractivity contribution in [3.8, 4) is 17.1 Å². The Bertz CT molecular complexity index is 664. The van der Waals surface area contributed by atoms with Gasteiger partial charge in [-0.1, -0.05) is 0 Å². The Hall–Kier alpha value is -2.32. The Morgan fingerprint density at radius 3 is 1.95 bits per heavy atom. The molecule has 0 aliphatic rings. The van der Waals surface area contributed by atoms with E-state index in [1.807, 2.05) is 0 Å². The summed E-state index contributed by atoms with van der Waals surface area (Å²) in [7, 11) is 1.32. The highest BCUT2D eigenvalue weighted by Crippen LogP contribution is 2.40. The second kappa shape index (κ2) is 5.47. The molecule has 0 saturated heterocycles. The SMILES string of the molecule is COc1cnc(-c2ccc(C(F)(F)F)cc2C(F)(F)F)nc1. The average molecular weight is 322 g/mol. The molecular formula is C13H8F6N2O. The van der Waals surface area contributed by atoms with Gasteiger partial charge in [0.25, 0.3) is 0 Å². The zero-order valence-electron chi connectivity index (χ0n) is 11.0. The Kier molecular flexibility index (Phi) is 3.99. The first kappa shape index (κ1) is 16.1. The van der Waals surface area contributed by atoms with Gasteiger partial charge >= 0.3 is 12.4 Å². The molecule has 118 valence electrons. The summed E-state index contributed by atoms with van der Waals surface area (Å²) in [6.07, 6.45) is -7.60. The highest BCUT2D eigenvalue weighted by Gasteiger charge is 2.38. The van der Waals surface area contributed by atoms with Gasteiger partial charge in [0.2, 0.25) is 0 Å². The van der Waals surface area contributed by atoms with Gasteiger partial charge in [-0.3, -0.25) is 0 Å². The largest absolute Gasteiger partial charge is 0.494 e. The van der Waals surface area contributed by atoms with Crippen molar-refractivity contribution in [1.29, 1.82) is 0 Å². The number of rotatable bonds is 2. The number of halogens is 6. The van der Waals surface area contributed by atoms with Crippen LogP contribution in [-0.4, -0.2) is 17.1 Å². The van der Waals surface area contributed by atoms with Crippen LogP contribution in [0.4, 0.5) is 26.3 Å². The van der Waals surface area contributed by atoms with E-state index in [9.17, 15) is 26.3 Å². The molecule has 1 heterocycles. The van der Waals surface area contributed by atoms with E-state index >= 15 is 0 Å². The average Bonchev–Trinajstić information content (AvgIpc) is 2.45. The summed E-state index contributed by atoms with van der Waals surface area (Å²) in [4.78, 5) is 7.34. The van der Waals surface area contributed by atoms with Crippen molar-refractivity contribution in [3.63, 3.8) is 0 Å². The fraction of sp³-hybridized carbons (Fsp3) is 0.231. The predicted molar refractivity (Wildman–Crippen MR) is 64.0 cm³/mol. The minimum absolute atomic E-state index is 0.0446. The number of hydrogen-bond donors (Lipinski definition) is 0. The van der Waals surface area contributed by atoms with E-state index < -0.39 is 29.0 Å². The van der Waals surface area contributed by atoms with E-state index in [2.05, 4.69) is 9.97 Å².